The summed E-state index contributed by atoms with van der Waals surface area (Å²) in [5.41, 5.74) is 1.04. The van der Waals surface area contributed by atoms with E-state index in [9.17, 15) is 0 Å². The minimum atomic E-state index is 0.344. The molecular weight excluding hydrogens is 326 g/mol. The summed E-state index contributed by atoms with van der Waals surface area (Å²) in [6, 6.07) is 10.3. The zero-order valence-electron chi connectivity index (χ0n) is 15.3. The molecule has 1 aliphatic rings. The first kappa shape index (κ1) is 18.0. The van der Waals surface area contributed by atoms with Gasteiger partial charge in [0.15, 0.2) is 5.96 Å². The van der Waals surface area contributed by atoms with E-state index in [1.54, 1.807) is 6.26 Å². The van der Waals surface area contributed by atoms with Gasteiger partial charge in [0.2, 0.25) is 0 Å². The first-order valence-electron chi connectivity index (χ1n) is 9.08. The maximum Gasteiger partial charge on any atom is 0.191 e. The summed E-state index contributed by atoms with van der Waals surface area (Å²) < 4.78 is 5.38. The Morgan fingerprint density at radius 1 is 1.38 bits per heavy atom. The smallest absolute Gasteiger partial charge is 0.191 e. The molecule has 0 amide bonds. The Kier molecular flexibility index (Phi) is 6.30. The van der Waals surface area contributed by atoms with E-state index in [4.69, 9.17) is 4.42 Å². The second-order valence-corrected chi connectivity index (χ2v) is 6.64. The molecule has 0 saturated carbocycles. The van der Waals surface area contributed by atoms with Gasteiger partial charge in [-0.15, -0.1) is 0 Å². The average molecular weight is 353 g/mol. The van der Waals surface area contributed by atoms with Crippen LogP contribution in [-0.4, -0.2) is 43.2 Å². The van der Waals surface area contributed by atoms with E-state index < -0.39 is 0 Å². The van der Waals surface area contributed by atoms with Crippen LogP contribution in [0.1, 0.15) is 19.1 Å². The van der Waals surface area contributed by atoms with E-state index >= 15 is 0 Å². The van der Waals surface area contributed by atoms with Crippen LogP contribution in [0.25, 0.3) is 0 Å². The molecule has 2 aromatic heterocycles. The minimum Gasteiger partial charge on any atom is -0.469 e. The molecule has 3 heterocycles. The van der Waals surface area contributed by atoms with Crippen LogP contribution in [0.15, 0.2) is 64.4 Å². The zero-order chi connectivity index (χ0) is 18.2. The second-order valence-electron chi connectivity index (χ2n) is 6.64. The lowest BCUT2D eigenvalue weighted by Gasteiger charge is -2.19. The number of nitrogens with one attached hydrogen (secondary N) is 2. The monoisotopic (exact) mass is 353 g/mol. The van der Waals surface area contributed by atoms with Crippen LogP contribution < -0.4 is 15.5 Å². The lowest BCUT2D eigenvalue weighted by atomic mass is 10.2. The van der Waals surface area contributed by atoms with E-state index in [1.165, 1.54) is 0 Å². The minimum absolute atomic E-state index is 0.344. The molecule has 0 spiro atoms. The molecule has 2 N–H and O–H groups in total. The maximum atomic E-state index is 5.38. The first-order chi connectivity index (χ1) is 12.7. The average Bonchev–Trinajstić information content (AvgIpc) is 3.32. The highest BCUT2D eigenvalue weighted by atomic mass is 16.3. The molecule has 3 rings (SSSR count). The quantitative estimate of drug-likeness (QED) is 0.455. The van der Waals surface area contributed by atoms with Gasteiger partial charge in [-0.25, -0.2) is 9.98 Å². The molecule has 1 aliphatic heterocycles. The summed E-state index contributed by atoms with van der Waals surface area (Å²) in [7, 11) is 0. The summed E-state index contributed by atoms with van der Waals surface area (Å²) in [5, 5.41) is 6.95. The van der Waals surface area contributed by atoms with Crippen LogP contribution in [0.4, 0.5) is 5.82 Å². The molecule has 0 aromatic carbocycles. The van der Waals surface area contributed by atoms with Crippen LogP contribution in [0.2, 0.25) is 0 Å². The highest BCUT2D eigenvalue weighted by molar-refractivity contribution is 5.80. The third-order valence-electron chi connectivity index (χ3n) is 4.25. The van der Waals surface area contributed by atoms with Crippen molar-refractivity contribution in [3.8, 4) is 0 Å². The van der Waals surface area contributed by atoms with Crippen LogP contribution in [0, 0.1) is 0 Å². The van der Waals surface area contributed by atoms with Crippen molar-refractivity contribution in [1.29, 1.82) is 0 Å². The van der Waals surface area contributed by atoms with Crippen molar-refractivity contribution in [1.82, 2.24) is 15.6 Å². The van der Waals surface area contributed by atoms with E-state index in [0.717, 1.165) is 55.6 Å². The molecule has 0 aliphatic carbocycles. The molecule has 1 unspecified atom stereocenters. The molecule has 6 heteroatoms. The molecule has 138 valence electrons. The van der Waals surface area contributed by atoms with Crippen molar-refractivity contribution in [3.63, 3.8) is 0 Å². The largest absolute Gasteiger partial charge is 0.469 e. The van der Waals surface area contributed by atoms with Crippen molar-refractivity contribution < 1.29 is 4.42 Å². The number of furan rings is 1. The van der Waals surface area contributed by atoms with Crippen LogP contribution >= 0.6 is 0 Å². The van der Waals surface area contributed by atoms with Gasteiger partial charge in [0, 0.05) is 38.3 Å². The van der Waals surface area contributed by atoms with Gasteiger partial charge in [-0.05, 0) is 37.6 Å². The Labute approximate surface area is 155 Å². The fraction of sp³-hybridized carbons (Fsp3) is 0.400. The van der Waals surface area contributed by atoms with Gasteiger partial charge in [0.1, 0.15) is 11.6 Å². The van der Waals surface area contributed by atoms with E-state index in [0.29, 0.717) is 12.6 Å². The Morgan fingerprint density at radius 2 is 2.31 bits per heavy atom. The van der Waals surface area contributed by atoms with Crippen LogP contribution in [-0.2, 0) is 6.42 Å². The molecule has 2 aromatic rings. The standard InChI is InChI=1S/C20H27N5O/c1-16(2)14-23-20(22-11-8-18-6-5-13-26-18)24-17-9-12-25(15-17)19-7-3-4-10-21-19/h3-7,10,13,17H,1,8-9,11-12,14-15H2,2H3,(H2,22,23,24). The Morgan fingerprint density at radius 3 is 3.04 bits per heavy atom. The number of rotatable bonds is 7. The number of anilines is 1. The van der Waals surface area contributed by atoms with Crippen LogP contribution in [0.5, 0.6) is 0 Å². The third kappa shape index (κ3) is 5.37. The topological polar surface area (TPSA) is 65.7 Å². The molecule has 0 bridgehead atoms. The maximum absolute atomic E-state index is 5.38. The number of nitrogens with zero attached hydrogens (tertiary/aromatic N) is 3. The SMILES string of the molecule is C=C(C)CN=C(NCCc1ccco1)NC1CCN(c2ccccn2)C1. The fourth-order valence-corrected chi connectivity index (χ4v) is 2.95. The van der Waals surface area contributed by atoms with Crippen LogP contribution in [0.3, 0.4) is 0 Å². The number of guanidine groups is 1. The van der Waals surface area contributed by atoms with Crippen molar-refractivity contribution in [2.24, 2.45) is 4.99 Å². The molecular formula is C20H27N5O. The van der Waals surface area contributed by atoms with Gasteiger partial charge in [-0.3, -0.25) is 0 Å². The van der Waals surface area contributed by atoms with E-state index in [1.807, 2.05) is 37.4 Å². The summed E-state index contributed by atoms with van der Waals surface area (Å²) in [4.78, 5) is 11.4. The number of hydrogen-bond donors (Lipinski definition) is 2. The predicted octanol–water partition coefficient (Wildman–Crippen LogP) is 2.61. The third-order valence-corrected chi connectivity index (χ3v) is 4.25. The summed E-state index contributed by atoms with van der Waals surface area (Å²) in [6.07, 6.45) is 5.43. The summed E-state index contributed by atoms with van der Waals surface area (Å²) in [6.45, 7) is 9.23. The highest BCUT2D eigenvalue weighted by Crippen LogP contribution is 2.17. The Hall–Kier alpha value is -2.76. The molecule has 1 atom stereocenters. The molecule has 1 fully saturated rings. The lowest BCUT2D eigenvalue weighted by Crippen LogP contribution is -2.45. The number of aliphatic imine (C=N–C) groups is 1. The first-order valence-corrected chi connectivity index (χ1v) is 9.08. The summed E-state index contributed by atoms with van der Waals surface area (Å²) >= 11 is 0. The zero-order valence-corrected chi connectivity index (χ0v) is 15.3. The van der Waals surface area contributed by atoms with Gasteiger partial charge in [-0.1, -0.05) is 18.2 Å². The van der Waals surface area contributed by atoms with Gasteiger partial charge in [-0.2, -0.15) is 0 Å². The second kappa shape index (κ2) is 9.08. The van der Waals surface area contributed by atoms with Crippen molar-refractivity contribution in [2.45, 2.75) is 25.8 Å². The van der Waals surface area contributed by atoms with Crippen molar-refractivity contribution in [3.05, 3.63) is 60.7 Å². The number of hydrogen-bond acceptors (Lipinski definition) is 4. The fourth-order valence-electron chi connectivity index (χ4n) is 2.95. The predicted molar refractivity (Wildman–Crippen MR) is 106 cm³/mol. The van der Waals surface area contributed by atoms with Gasteiger partial charge < -0.3 is 20.0 Å². The lowest BCUT2D eigenvalue weighted by molar-refractivity contribution is 0.506. The van der Waals surface area contributed by atoms with Gasteiger partial charge in [0.05, 0.1) is 12.8 Å². The molecule has 0 radical (unpaired) electrons. The van der Waals surface area contributed by atoms with Crippen molar-refractivity contribution in [2.75, 3.05) is 31.1 Å². The molecule has 6 nitrogen and oxygen atoms in total. The van der Waals surface area contributed by atoms with E-state index in [2.05, 4.69) is 38.2 Å². The Bertz CT molecular complexity index is 711. The van der Waals surface area contributed by atoms with Gasteiger partial charge >= 0.3 is 0 Å². The molecule has 1 saturated heterocycles. The van der Waals surface area contributed by atoms with Gasteiger partial charge in [0.25, 0.3) is 0 Å². The summed E-state index contributed by atoms with van der Waals surface area (Å²) in [5.74, 6) is 2.83. The normalized spacial score (nSPS) is 17.3. The Balaban J connectivity index is 1.53. The highest BCUT2D eigenvalue weighted by Gasteiger charge is 2.24. The molecule has 26 heavy (non-hydrogen) atoms. The number of pyridine rings is 1. The van der Waals surface area contributed by atoms with E-state index in [-0.39, 0.29) is 0 Å². The number of aromatic nitrogens is 1. The van der Waals surface area contributed by atoms with Crippen molar-refractivity contribution >= 4 is 11.8 Å².